The van der Waals surface area contributed by atoms with Crippen LogP contribution in [0.1, 0.15) is 16.7 Å². The molecule has 3 aromatic rings. The Morgan fingerprint density at radius 2 is 2.08 bits per heavy atom. The third-order valence-electron chi connectivity index (χ3n) is 3.75. The van der Waals surface area contributed by atoms with E-state index < -0.39 is 6.10 Å². The summed E-state index contributed by atoms with van der Waals surface area (Å²) in [6.07, 6.45) is 0.183. The summed E-state index contributed by atoms with van der Waals surface area (Å²) < 4.78 is 7.38. The topological polar surface area (TPSA) is 69.8 Å². The van der Waals surface area contributed by atoms with Crippen molar-refractivity contribution in [3.8, 4) is 0 Å². The number of fused-ring (bicyclic) bond motifs is 1. The minimum absolute atomic E-state index is 0. The van der Waals surface area contributed by atoms with Gasteiger partial charge in [0.15, 0.2) is 10.6 Å². The lowest BCUT2D eigenvalue weighted by Crippen LogP contribution is -2.40. The number of hydrogen-bond donors (Lipinski definition) is 3. The first-order valence-electron chi connectivity index (χ1n) is 8.01. The number of aliphatic imine (C=N–C) groups is 1. The molecule has 1 unspecified atom stereocenters. The number of aliphatic hydroxyl groups excluding tert-OH is 1. The zero-order valence-electron chi connectivity index (χ0n) is 14.2. The number of rotatable bonds is 6. The van der Waals surface area contributed by atoms with Crippen molar-refractivity contribution in [2.75, 3.05) is 20.1 Å². The molecule has 140 valence electrons. The van der Waals surface area contributed by atoms with Gasteiger partial charge in [-0.05, 0) is 45.6 Å². The second-order valence-corrected chi connectivity index (χ2v) is 7.44. The van der Waals surface area contributed by atoms with Crippen LogP contribution >= 0.6 is 51.2 Å². The molecule has 5 nitrogen and oxygen atoms in total. The van der Waals surface area contributed by atoms with Crippen molar-refractivity contribution in [3.05, 3.63) is 57.8 Å². The van der Waals surface area contributed by atoms with Gasteiger partial charge in [0.05, 0.1) is 0 Å². The number of benzene rings is 1. The molecule has 1 atom stereocenters. The van der Waals surface area contributed by atoms with Gasteiger partial charge in [-0.25, -0.2) is 0 Å². The first-order valence-corrected chi connectivity index (χ1v) is 9.62. The molecule has 2 heterocycles. The Morgan fingerprint density at radius 1 is 1.27 bits per heavy atom. The maximum atomic E-state index is 10.4. The molecule has 2 aromatic heterocycles. The number of nitrogens with one attached hydrogen (secondary N) is 2. The highest BCUT2D eigenvalue weighted by Gasteiger charge is 2.12. The molecular formula is C18H21BrIN3O2S. The van der Waals surface area contributed by atoms with Crippen LogP contribution in [0.25, 0.3) is 10.1 Å². The summed E-state index contributed by atoms with van der Waals surface area (Å²) in [5, 5.41) is 18.0. The van der Waals surface area contributed by atoms with Crippen LogP contribution in [0.2, 0.25) is 0 Å². The van der Waals surface area contributed by atoms with Gasteiger partial charge in [-0.15, -0.1) is 35.3 Å². The molecule has 0 radical (unpaired) electrons. The second kappa shape index (κ2) is 10.3. The number of furan rings is 1. The molecule has 0 aliphatic heterocycles. The van der Waals surface area contributed by atoms with Crippen molar-refractivity contribution in [2.24, 2.45) is 4.99 Å². The summed E-state index contributed by atoms with van der Waals surface area (Å²) in [5.74, 6) is 1.56. The fourth-order valence-electron chi connectivity index (χ4n) is 2.47. The van der Waals surface area contributed by atoms with E-state index in [1.54, 1.807) is 18.4 Å². The van der Waals surface area contributed by atoms with Crippen molar-refractivity contribution in [2.45, 2.75) is 12.5 Å². The summed E-state index contributed by atoms with van der Waals surface area (Å²) in [5.41, 5.74) is 0. The van der Waals surface area contributed by atoms with E-state index in [0.29, 0.717) is 19.0 Å². The molecule has 0 aliphatic rings. The van der Waals surface area contributed by atoms with Crippen LogP contribution in [0.5, 0.6) is 0 Å². The number of hydrogen-bond acceptors (Lipinski definition) is 4. The van der Waals surface area contributed by atoms with E-state index in [9.17, 15) is 5.11 Å². The number of halogens is 2. The molecule has 1 aromatic carbocycles. The third-order valence-corrected chi connectivity index (χ3v) is 5.40. The van der Waals surface area contributed by atoms with Crippen LogP contribution in [0.15, 0.2) is 56.5 Å². The van der Waals surface area contributed by atoms with Crippen LogP contribution in [0, 0.1) is 0 Å². The summed E-state index contributed by atoms with van der Waals surface area (Å²) >= 11 is 4.91. The lowest BCUT2D eigenvalue weighted by molar-refractivity contribution is 0.184. The first kappa shape index (κ1) is 21.2. The van der Waals surface area contributed by atoms with E-state index >= 15 is 0 Å². The van der Waals surface area contributed by atoms with Crippen molar-refractivity contribution in [3.63, 3.8) is 0 Å². The van der Waals surface area contributed by atoms with Gasteiger partial charge in [-0.3, -0.25) is 4.99 Å². The summed E-state index contributed by atoms with van der Waals surface area (Å²) in [6, 6.07) is 14.0. The molecule has 3 rings (SSSR count). The van der Waals surface area contributed by atoms with Crippen LogP contribution in [0.3, 0.4) is 0 Å². The highest BCUT2D eigenvalue weighted by atomic mass is 127. The minimum Gasteiger partial charge on any atom is -0.454 e. The summed E-state index contributed by atoms with van der Waals surface area (Å²) in [6.45, 7) is 1.09. The molecule has 0 spiro atoms. The van der Waals surface area contributed by atoms with E-state index in [-0.39, 0.29) is 24.0 Å². The van der Waals surface area contributed by atoms with Crippen molar-refractivity contribution in [1.29, 1.82) is 0 Å². The zero-order chi connectivity index (χ0) is 17.6. The fraction of sp³-hybridized carbons (Fsp3) is 0.278. The van der Waals surface area contributed by atoms with Gasteiger partial charge in [-0.1, -0.05) is 18.2 Å². The Labute approximate surface area is 182 Å². The van der Waals surface area contributed by atoms with Gasteiger partial charge in [0.1, 0.15) is 11.9 Å². The molecule has 0 fully saturated rings. The average Bonchev–Trinajstić information content (AvgIpc) is 3.23. The van der Waals surface area contributed by atoms with Crippen molar-refractivity contribution >= 4 is 67.3 Å². The zero-order valence-corrected chi connectivity index (χ0v) is 19.0. The predicted molar refractivity (Wildman–Crippen MR) is 122 cm³/mol. The fourth-order valence-corrected chi connectivity index (χ4v) is 3.86. The molecule has 0 amide bonds. The van der Waals surface area contributed by atoms with Crippen LogP contribution in [0.4, 0.5) is 0 Å². The molecule has 0 bridgehead atoms. The van der Waals surface area contributed by atoms with Gasteiger partial charge in [0.25, 0.3) is 0 Å². The standard InChI is InChI=1S/C18H20BrN3O2S.HI/c1-20-18(21-9-8-13-6-7-17(19)24-13)22-11-14(23)16-10-12-4-2-3-5-15(12)25-16;/h2-7,10,14,23H,8-9,11H2,1H3,(H2,20,21,22);1H. The molecule has 0 saturated carbocycles. The Kier molecular flexibility index (Phi) is 8.39. The van der Waals surface area contributed by atoms with E-state index in [1.165, 1.54) is 4.70 Å². The molecule has 8 heteroatoms. The molecule has 26 heavy (non-hydrogen) atoms. The lowest BCUT2D eigenvalue weighted by Gasteiger charge is -2.14. The van der Waals surface area contributed by atoms with Crippen LogP contribution in [-0.2, 0) is 6.42 Å². The smallest absolute Gasteiger partial charge is 0.191 e. The lowest BCUT2D eigenvalue weighted by atomic mass is 10.2. The van der Waals surface area contributed by atoms with E-state index in [1.807, 2.05) is 30.3 Å². The SMILES string of the molecule is CN=C(NCCc1ccc(Br)o1)NCC(O)c1cc2ccccc2s1.I. The summed E-state index contributed by atoms with van der Waals surface area (Å²) in [7, 11) is 1.71. The van der Waals surface area contributed by atoms with Gasteiger partial charge >= 0.3 is 0 Å². The Bertz CT molecular complexity index is 832. The van der Waals surface area contributed by atoms with E-state index in [2.05, 4.69) is 43.7 Å². The van der Waals surface area contributed by atoms with Crippen molar-refractivity contribution < 1.29 is 9.52 Å². The van der Waals surface area contributed by atoms with Crippen LogP contribution < -0.4 is 10.6 Å². The molecule has 3 N–H and O–H groups in total. The van der Waals surface area contributed by atoms with Gasteiger partial charge in [-0.2, -0.15) is 0 Å². The monoisotopic (exact) mass is 549 g/mol. The third kappa shape index (κ3) is 5.70. The van der Waals surface area contributed by atoms with E-state index in [4.69, 9.17) is 4.42 Å². The Hall–Kier alpha value is -1.10. The maximum absolute atomic E-state index is 10.4. The predicted octanol–water partition coefficient (Wildman–Crippen LogP) is 4.32. The highest BCUT2D eigenvalue weighted by molar-refractivity contribution is 14.0. The molecule has 0 aliphatic carbocycles. The van der Waals surface area contributed by atoms with Crippen LogP contribution in [-0.4, -0.2) is 31.2 Å². The van der Waals surface area contributed by atoms with Crippen molar-refractivity contribution in [1.82, 2.24) is 10.6 Å². The van der Waals surface area contributed by atoms with Gasteiger partial charge in [0.2, 0.25) is 0 Å². The minimum atomic E-state index is -0.572. The average molecular weight is 550 g/mol. The largest absolute Gasteiger partial charge is 0.454 e. The Balaban J connectivity index is 0.00000243. The molecule has 0 saturated heterocycles. The molecular weight excluding hydrogens is 529 g/mol. The normalized spacial score (nSPS) is 12.7. The number of guanidine groups is 1. The number of thiophene rings is 1. The van der Waals surface area contributed by atoms with E-state index in [0.717, 1.165) is 27.1 Å². The second-order valence-electron chi connectivity index (χ2n) is 5.54. The Morgan fingerprint density at radius 3 is 2.77 bits per heavy atom. The van der Waals surface area contributed by atoms with Gasteiger partial charge < -0.3 is 20.2 Å². The quantitative estimate of drug-likeness (QED) is 0.243. The number of aliphatic hydroxyl groups is 1. The highest BCUT2D eigenvalue weighted by Crippen LogP contribution is 2.29. The first-order chi connectivity index (χ1) is 12.2. The van der Waals surface area contributed by atoms with Gasteiger partial charge in [0, 0.05) is 36.1 Å². The maximum Gasteiger partial charge on any atom is 0.191 e. The number of nitrogens with zero attached hydrogens (tertiary/aromatic N) is 1. The summed E-state index contributed by atoms with van der Waals surface area (Å²) in [4.78, 5) is 5.13.